The molecule has 29 heavy (non-hydrogen) atoms. The molecule has 0 atom stereocenters. The first-order valence-corrected chi connectivity index (χ1v) is 9.52. The molecule has 0 spiro atoms. The zero-order valence-corrected chi connectivity index (χ0v) is 16.4. The summed E-state index contributed by atoms with van der Waals surface area (Å²) in [5.41, 5.74) is 1.31. The summed E-state index contributed by atoms with van der Waals surface area (Å²) in [6.45, 7) is 2.95. The highest BCUT2D eigenvalue weighted by molar-refractivity contribution is 5.91. The van der Waals surface area contributed by atoms with Crippen molar-refractivity contribution < 1.29 is 23.8 Å². The van der Waals surface area contributed by atoms with E-state index in [1.165, 1.54) is 6.20 Å². The number of carbonyl (C=O) groups excluding carboxylic acids is 2. The number of morpholine rings is 1. The van der Waals surface area contributed by atoms with Crippen molar-refractivity contribution in [2.45, 2.75) is 6.42 Å². The second-order valence-electron chi connectivity index (χ2n) is 6.49. The molecule has 1 aromatic carbocycles. The van der Waals surface area contributed by atoms with Gasteiger partial charge in [0.25, 0.3) is 5.91 Å². The average Bonchev–Trinajstić information content (AvgIpc) is 2.78. The fraction of sp³-hybridized carbons (Fsp3) is 0.381. The molecule has 0 unspecified atom stereocenters. The molecule has 0 bridgehead atoms. The largest absolute Gasteiger partial charge is 0.496 e. The first kappa shape index (κ1) is 20.6. The molecule has 0 radical (unpaired) electrons. The molecular formula is C21H25N3O5. The summed E-state index contributed by atoms with van der Waals surface area (Å²) in [5, 5.41) is 2.74. The van der Waals surface area contributed by atoms with Crippen molar-refractivity contribution in [3.63, 3.8) is 0 Å². The summed E-state index contributed by atoms with van der Waals surface area (Å²) in [4.78, 5) is 30.5. The van der Waals surface area contributed by atoms with Gasteiger partial charge >= 0.3 is 5.97 Å². The van der Waals surface area contributed by atoms with Gasteiger partial charge in [-0.05, 0) is 30.2 Å². The van der Waals surface area contributed by atoms with Crippen molar-refractivity contribution in [3.05, 3.63) is 53.7 Å². The minimum Gasteiger partial charge on any atom is -0.496 e. The summed E-state index contributed by atoms with van der Waals surface area (Å²) in [7, 11) is 1.61. The van der Waals surface area contributed by atoms with Crippen LogP contribution in [-0.4, -0.2) is 63.4 Å². The molecule has 1 amide bonds. The molecule has 2 heterocycles. The lowest BCUT2D eigenvalue weighted by Gasteiger charge is -2.27. The van der Waals surface area contributed by atoms with Crippen molar-refractivity contribution in [1.29, 1.82) is 0 Å². The zero-order valence-electron chi connectivity index (χ0n) is 16.4. The second-order valence-corrected chi connectivity index (χ2v) is 6.49. The van der Waals surface area contributed by atoms with E-state index in [0.717, 1.165) is 30.2 Å². The Bertz CT molecular complexity index is 819. The highest BCUT2D eigenvalue weighted by Gasteiger charge is 2.15. The number of anilines is 1. The molecule has 0 aliphatic carbocycles. The zero-order chi connectivity index (χ0) is 20.5. The Morgan fingerprint density at radius 2 is 1.97 bits per heavy atom. The van der Waals surface area contributed by atoms with Gasteiger partial charge in [0.1, 0.15) is 11.6 Å². The highest BCUT2D eigenvalue weighted by atomic mass is 16.5. The molecule has 1 aromatic heterocycles. The number of benzene rings is 1. The van der Waals surface area contributed by atoms with Crippen LogP contribution in [0.25, 0.3) is 0 Å². The van der Waals surface area contributed by atoms with Gasteiger partial charge in [0.05, 0.1) is 25.9 Å². The summed E-state index contributed by atoms with van der Waals surface area (Å²) >= 11 is 0. The fourth-order valence-corrected chi connectivity index (χ4v) is 3.00. The molecule has 1 aliphatic rings. The monoisotopic (exact) mass is 399 g/mol. The molecule has 1 fully saturated rings. The third kappa shape index (κ3) is 5.92. The Labute approximate surface area is 169 Å². The summed E-state index contributed by atoms with van der Waals surface area (Å²) < 4.78 is 15.7. The molecule has 1 N–H and O–H groups in total. The van der Waals surface area contributed by atoms with Gasteiger partial charge in [0, 0.05) is 25.8 Å². The van der Waals surface area contributed by atoms with Crippen molar-refractivity contribution in [1.82, 2.24) is 10.3 Å². The van der Waals surface area contributed by atoms with Gasteiger partial charge < -0.3 is 24.4 Å². The summed E-state index contributed by atoms with van der Waals surface area (Å²) in [6.07, 6.45) is 2.09. The van der Waals surface area contributed by atoms with Crippen LogP contribution in [0, 0.1) is 0 Å². The van der Waals surface area contributed by atoms with Crippen LogP contribution >= 0.6 is 0 Å². The topological polar surface area (TPSA) is 90.0 Å². The Morgan fingerprint density at radius 3 is 2.69 bits per heavy atom. The maximum absolute atomic E-state index is 12.1. The van der Waals surface area contributed by atoms with E-state index in [4.69, 9.17) is 14.2 Å². The number of esters is 1. The quantitative estimate of drug-likeness (QED) is 0.672. The number of hydrogen-bond donors (Lipinski definition) is 1. The molecule has 1 aliphatic heterocycles. The van der Waals surface area contributed by atoms with Crippen LogP contribution < -0.4 is 15.0 Å². The number of rotatable bonds is 8. The van der Waals surface area contributed by atoms with Gasteiger partial charge in [-0.1, -0.05) is 18.2 Å². The molecule has 3 rings (SSSR count). The molecule has 8 nitrogen and oxygen atoms in total. The Kier molecular flexibility index (Phi) is 7.40. The number of nitrogens with one attached hydrogen (secondary N) is 1. The Balaban J connectivity index is 1.41. The third-order valence-corrected chi connectivity index (χ3v) is 4.56. The number of hydrogen-bond acceptors (Lipinski definition) is 7. The van der Waals surface area contributed by atoms with E-state index in [-0.39, 0.29) is 12.5 Å². The number of para-hydroxylation sites is 1. The number of nitrogens with zero attached hydrogens (tertiary/aromatic N) is 2. The van der Waals surface area contributed by atoms with Crippen LogP contribution in [0.3, 0.4) is 0 Å². The third-order valence-electron chi connectivity index (χ3n) is 4.56. The van der Waals surface area contributed by atoms with Crippen molar-refractivity contribution in [3.8, 4) is 5.75 Å². The lowest BCUT2D eigenvalue weighted by atomic mass is 10.1. The minimum atomic E-state index is -0.578. The van der Waals surface area contributed by atoms with E-state index in [0.29, 0.717) is 31.7 Å². The van der Waals surface area contributed by atoms with E-state index >= 15 is 0 Å². The van der Waals surface area contributed by atoms with E-state index in [1.807, 2.05) is 24.3 Å². The van der Waals surface area contributed by atoms with Gasteiger partial charge in [-0.25, -0.2) is 9.78 Å². The summed E-state index contributed by atoms with van der Waals surface area (Å²) in [6, 6.07) is 11.0. The van der Waals surface area contributed by atoms with E-state index in [2.05, 4.69) is 15.2 Å². The van der Waals surface area contributed by atoms with Crippen LogP contribution in [0.4, 0.5) is 5.82 Å². The second kappa shape index (κ2) is 10.4. The standard InChI is InChI=1S/C21H25N3O5/c1-27-18-5-3-2-4-16(18)8-9-22-20(25)15-29-21(26)17-6-7-19(23-14-17)24-10-12-28-13-11-24/h2-7,14H,8-13,15H2,1H3,(H,22,25). The van der Waals surface area contributed by atoms with Crippen LogP contribution in [0.15, 0.2) is 42.6 Å². The average molecular weight is 399 g/mol. The lowest BCUT2D eigenvalue weighted by Crippen LogP contribution is -2.36. The van der Waals surface area contributed by atoms with Gasteiger partial charge in [0.15, 0.2) is 6.61 Å². The fourth-order valence-electron chi connectivity index (χ4n) is 3.00. The minimum absolute atomic E-state index is 0.309. The van der Waals surface area contributed by atoms with Crippen molar-refractivity contribution in [2.75, 3.05) is 51.5 Å². The van der Waals surface area contributed by atoms with E-state index in [1.54, 1.807) is 19.2 Å². The Hall–Kier alpha value is -3.13. The number of carbonyl (C=O) groups is 2. The van der Waals surface area contributed by atoms with E-state index in [9.17, 15) is 9.59 Å². The summed E-state index contributed by atoms with van der Waals surface area (Å²) in [5.74, 6) is 0.636. The lowest BCUT2D eigenvalue weighted by molar-refractivity contribution is -0.124. The van der Waals surface area contributed by atoms with Gasteiger partial charge in [0.2, 0.25) is 0 Å². The smallest absolute Gasteiger partial charge is 0.340 e. The first-order chi connectivity index (χ1) is 14.2. The van der Waals surface area contributed by atoms with Crippen LogP contribution in [0.2, 0.25) is 0 Å². The van der Waals surface area contributed by atoms with Crippen LogP contribution in [-0.2, 0) is 20.7 Å². The van der Waals surface area contributed by atoms with Gasteiger partial charge in [-0.15, -0.1) is 0 Å². The first-order valence-electron chi connectivity index (χ1n) is 9.52. The molecular weight excluding hydrogens is 374 g/mol. The SMILES string of the molecule is COc1ccccc1CCNC(=O)COC(=O)c1ccc(N2CCOCC2)nc1. The number of pyridine rings is 1. The van der Waals surface area contributed by atoms with Crippen LogP contribution in [0.5, 0.6) is 5.75 Å². The predicted molar refractivity (Wildman–Crippen MR) is 107 cm³/mol. The number of amides is 1. The highest BCUT2D eigenvalue weighted by Crippen LogP contribution is 2.17. The number of ether oxygens (including phenoxy) is 3. The number of aromatic nitrogens is 1. The molecule has 1 saturated heterocycles. The molecule has 0 saturated carbocycles. The number of methoxy groups -OCH3 is 1. The molecule has 2 aromatic rings. The van der Waals surface area contributed by atoms with Crippen molar-refractivity contribution in [2.24, 2.45) is 0 Å². The van der Waals surface area contributed by atoms with Gasteiger partial charge in [-0.3, -0.25) is 4.79 Å². The molecule has 8 heteroatoms. The normalized spacial score (nSPS) is 13.6. The maximum atomic E-state index is 12.1. The van der Waals surface area contributed by atoms with Gasteiger partial charge in [-0.2, -0.15) is 0 Å². The Morgan fingerprint density at radius 1 is 1.17 bits per heavy atom. The maximum Gasteiger partial charge on any atom is 0.340 e. The van der Waals surface area contributed by atoms with Crippen molar-refractivity contribution >= 4 is 17.7 Å². The predicted octanol–water partition coefficient (Wildman–Crippen LogP) is 1.44. The van der Waals surface area contributed by atoms with Crippen LogP contribution in [0.1, 0.15) is 15.9 Å². The van der Waals surface area contributed by atoms with E-state index < -0.39 is 5.97 Å². The molecule has 154 valence electrons.